The summed E-state index contributed by atoms with van der Waals surface area (Å²) in [5.41, 5.74) is -0.600. The van der Waals surface area contributed by atoms with Crippen LogP contribution in [-0.4, -0.2) is 32.9 Å². The van der Waals surface area contributed by atoms with Crippen molar-refractivity contribution in [3.8, 4) is 17.2 Å². The van der Waals surface area contributed by atoms with Gasteiger partial charge in [-0.2, -0.15) is 0 Å². The van der Waals surface area contributed by atoms with Gasteiger partial charge in [-0.25, -0.2) is 39.5 Å². The first kappa shape index (κ1) is 28.8. The van der Waals surface area contributed by atoms with Gasteiger partial charge < -0.3 is 18.4 Å². The van der Waals surface area contributed by atoms with E-state index in [1.54, 1.807) is 21.1 Å². The Labute approximate surface area is 211 Å². The van der Waals surface area contributed by atoms with E-state index in [0.717, 1.165) is 0 Å². The molecule has 0 saturated carbocycles. The lowest BCUT2D eigenvalue weighted by atomic mass is 10.0. The molecule has 14 heteroatoms. The highest BCUT2D eigenvalue weighted by atomic mass is 19.2. The maximum atomic E-state index is 15.0. The fraction of sp³-hybridized carbons (Fsp3) is 0.167. The molecule has 3 aromatic rings. The number of benzene rings is 3. The van der Waals surface area contributed by atoms with E-state index in [1.807, 2.05) is 0 Å². The molecule has 1 atom stereocenters. The lowest BCUT2D eigenvalue weighted by molar-refractivity contribution is -0.895. The van der Waals surface area contributed by atoms with Crippen molar-refractivity contribution >= 4 is 7.32 Å². The molecule has 4 nitrogen and oxygen atoms in total. The Morgan fingerprint density at radius 3 is 1.39 bits per heavy atom. The summed E-state index contributed by atoms with van der Waals surface area (Å²) in [6, 6.07) is 0.675. The first-order chi connectivity index (χ1) is 17.6. The van der Waals surface area contributed by atoms with Crippen LogP contribution in [0.1, 0.15) is 11.6 Å². The van der Waals surface area contributed by atoms with Crippen LogP contribution in [0.4, 0.5) is 39.5 Å². The van der Waals surface area contributed by atoms with E-state index in [0.29, 0.717) is 30.3 Å². The molecule has 0 N–H and O–H groups in total. The Morgan fingerprint density at radius 2 is 1.03 bits per heavy atom. The minimum atomic E-state index is -2.36. The predicted octanol–water partition coefficient (Wildman–Crippen LogP) is 6.39. The molecule has 0 aliphatic rings. The third-order valence-electron chi connectivity index (χ3n) is 5.12. The molecule has 0 aliphatic heterocycles. The number of quaternary nitrogens is 1. The summed E-state index contributed by atoms with van der Waals surface area (Å²) >= 11 is 0. The van der Waals surface area contributed by atoms with Gasteiger partial charge in [0.2, 0.25) is 0 Å². The van der Waals surface area contributed by atoms with Crippen LogP contribution in [0.15, 0.2) is 43.0 Å². The van der Waals surface area contributed by atoms with Crippen LogP contribution in [-0.2, 0) is 0 Å². The summed E-state index contributed by atoms with van der Waals surface area (Å²) < 4.78 is 140. The highest BCUT2D eigenvalue weighted by Crippen LogP contribution is 2.37. The SMILES string of the molecule is C=CC(c1c(OB(Oc2cc(F)c(F)c(F)c2)Oc2cc(F)c(F)c(F)c2)cc(F)c(F)c1F)[N+](C)(C)C. The second-order valence-corrected chi connectivity index (χ2v) is 8.74. The first-order valence-corrected chi connectivity index (χ1v) is 10.5. The fourth-order valence-corrected chi connectivity index (χ4v) is 3.38. The van der Waals surface area contributed by atoms with E-state index < -0.39 is 88.5 Å². The standard InChI is InChI=1S/C24H18BF9NO3/c1-5-18(35(2,3)4)20-19(10-17(30)23(33)24(20)34)38-25(36-11-6-13(26)21(31)14(27)7-11)37-12-8-15(28)22(32)16(29)9-12/h5-10,18H,1H2,2-4H3/q+1. The summed E-state index contributed by atoms with van der Waals surface area (Å²) in [6.07, 6.45) is 1.19. The molecule has 0 aliphatic carbocycles. The molecule has 0 bridgehead atoms. The molecule has 0 saturated heterocycles. The molecule has 202 valence electrons. The minimum absolute atomic E-state index is 0.128. The second-order valence-electron chi connectivity index (χ2n) is 8.74. The third kappa shape index (κ3) is 6.01. The van der Waals surface area contributed by atoms with Gasteiger partial charge in [-0.3, -0.25) is 0 Å². The molecule has 0 radical (unpaired) electrons. The molecule has 0 heterocycles. The average molecular weight is 550 g/mol. The van der Waals surface area contributed by atoms with E-state index in [-0.39, 0.29) is 4.48 Å². The molecule has 0 fully saturated rings. The molecular weight excluding hydrogens is 532 g/mol. The van der Waals surface area contributed by atoms with Crippen molar-refractivity contribution in [3.63, 3.8) is 0 Å². The van der Waals surface area contributed by atoms with Gasteiger partial charge in [0.15, 0.2) is 52.4 Å². The largest absolute Gasteiger partial charge is 0.864 e. The van der Waals surface area contributed by atoms with Gasteiger partial charge in [-0.05, 0) is 6.08 Å². The summed E-state index contributed by atoms with van der Waals surface area (Å²) in [4.78, 5) is 0. The smallest absolute Gasteiger partial charge is 0.489 e. The number of rotatable bonds is 9. The molecular formula is C24H18BF9NO3+. The van der Waals surface area contributed by atoms with Crippen molar-refractivity contribution in [2.45, 2.75) is 6.04 Å². The zero-order valence-corrected chi connectivity index (χ0v) is 19.9. The monoisotopic (exact) mass is 550 g/mol. The van der Waals surface area contributed by atoms with E-state index in [4.69, 9.17) is 14.0 Å². The van der Waals surface area contributed by atoms with Gasteiger partial charge >= 0.3 is 7.32 Å². The Hall–Kier alpha value is -3.81. The molecule has 1 unspecified atom stereocenters. The molecule has 0 amide bonds. The first-order valence-electron chi connectivity index (χ1n) is 10.5. The van der Waals surface area contributed by atoms with Crippen LogP contribution < -0.4 is 14.0 Å². The molecule has 0 aromatic heterocycles. The maximum Gasteiger partial charge on any atom is 0.864 e. The van der Waals surface area contributed by atoms with Crippen LogP contribution in [0.25, 0.3) is 0 Å². The van der Waals surface area contributed by atoms with Crippen molar-refractivity contribution < 1.29 is 58.0 Å². The van der Waals surface area contributed by atoms with E-state index in [9.17, 15) is 39.5 Å². The van der Waals surface area contributed by atoms with Crippen LogP contribution in [0.2, 0.25) is 0 Å². The zero-order valence-electron chi connectivity index (χ0n) is 19.9. The number of halogens is 9. The minimum Gasteiger partial charge on any atom is -0.489 e. The number of nitrogens with zero attached hydrogens (tertiary/aromatic N) is 1. The fourth-order valence-electron chi connectivity index (χ4n) is 3.38. The van der Waals surface area contributed by atoms with Crippen molar-refractivity contribution in [1.29, 1.82) is 0 Å². The number of likely N-dealkylation sites (N-methyl/N-ethyl adjacent to an activating group) is 1. The Kier molecular flexibility index (Phi) is 8.25. The van der Waals surface area contributed by atoms with Gasteiger partial charge in [0.05, 0.1) is 26.7 Å². The number of hydrogen-bond acceptors (Lipinski definition) is 3. The summed E-state index contributed by atoms with van der Waals surface area (Å²) in [7, 11) is 2.30. The average Bonchev–Trinajstić information content (AvgIpc) is 2.81. The highest BCUT2D eigenvalue weighted by Gasteiger charge is 2.38. The molecule has 0 spiro atoms. The molecule has 3 rings (SSSR count). The van der Waals surface area contributed by atoms with Crippen LogP contribution >= 0.6 is 0 Å². The Morgan fingerprint density at radius 1 is 0.632 bits per heavy atom. The molecule has 3 aromatic carbocycles. The third-order valence-corrected chi connectivity index (χ3v) is 5.12. The van der Waals surface area contributed by atoms with Gasteiger partial charge in [0.1, 0.15) is 23.3 Å². The van der Waals surface area contributed by atoms with Crippen LogP contribution in [0.5, 0.6) is 17.2 Å². The Balaban J connectivity index is 2.14. The summed E-state index contributed by atoms with van der Waals surface area (Å²) in [6.45, 7) is 3.55. The quantitative estimate of drug-likeness (QED) is 0.102. The van der Waals surface area contributed by atoms with E-state index in [2.05, 4.69) is 6.58 Å². The van der Waals surface area contributed by atoms with Gasteiger partial charge in [-0.15, -0.1) is 0 Å². The second kappa shape index (κ2) is 10.9. The van der Waals surface area contributed by atoms with Crippen molar-refractivity contribution in [2.75, 3.05) is 21.1 Å². The maximum absolute atomic E-state index is 15.0. The van der Waals surface area contributed by atoms with Gasteiger partial charge in [0.25, 0.3) is 0 Å². The van der Waals surface area contributed by atoms with Crippen molar-refractivity contribution in [3.05, 3.63) is 101 Å². The summed E-state index contributed by atoms with van der Waals surface area (Å²) in [5, 5.41) is 0. The normalized spacial score (nSPS) is 12.2. The summed E-state index contributed by atoms with van der Waals surface area (Å²) in [5.74, 6) is -18.2. The number of hydrogen-bond donors (Lipinski definition) is 0. The van der Waals surface area contributed by atoms with Gasteiger partial charge in [-0.1, -0.05) is 6.58 Å². The predicted molar refractivity (Wildman–Crippen MR) is 118 cm³/mol. The lowest BCUT2D eigenvalue weighted by Crippen LogP contribution is -2.40. The van der Waals surface area contributed by atoms with Gasteiger partial charge in [0, 0.05) is 30.3 Å². The van der Waals surface area contributed by atoms with Crippen molar-refractivity contribution in [2.24, 2.45) is 0 Å². The lowest BCUT2D eigenvalue weighted by Gasteiger charge is -2.33. The van der Waals surface area contributed by atoms with Crippen molar-refractivity contribution in [1.82, 2.24) is 0 Å². The topological polar surface area (TPSA) is 27.7 Å². The Bertz CT molecular complexity index is 1280. The van der Waals surface area contributed by atoms with Crippen LogP contribution in [0, 0.1) is 52.4 Å². The highest BCUT2D eigenvalue weighted by molar-refractivity contribution is 6.39. The van der Waals surface area contributed by atoms with E-state index >= 15 is 0 Å². The van der Waals surface area contributed by atoms with E-state index in [1.165, 1.54) is 6.08 Å². The van der Waals surface area contributed by atoms with Crippen LogP contribution in [0.3, 0.4) is 0 Å². The zero-order chi connectivity index (χ0) is 28.5. The molecule has 38 heavy (non-hydrogen) atoms.